The van der Waals surface area contributed by atoms with Crippen LogP contribution in [0.5, 0.6) is 5.75 Å². The van der Waals surface area contributed by atoms with Gasteiger partial charge in [0.15, 0.2) is 0 Å². The Kier molecular flexibility index (Phi) is 4.83. The molecule has 0 aromatic heterocycles. The predicted molar refractivity (Wildman–Crippen MR) is 82.7 cm³/mol. The van der Waals surface area contributed by atoms with E-state index >= 15 is 0 Å². The summed E-state index contributed by atoms with van der Waals surface area (Å²) in [6.45, 7) is 4.37. The molecule has 0 radical (unpaired) electrons. The normalized spacial score (nSPS) is 15.2. The van der Waals surface area contributed by atoms with Crippen molar-refractivity contribution in [3.05, 3.63) is 18.2 Å². The highest BCUT2D eigenvalue weighted by atomic mass is 16.5. The number of nitrogens with one attached hydrogen (secondary N) is 1. The van der Waals surface area contributed by atoms with Crippen molar-refractivity contribution in [3.63, 3.8) is 0 Å². The first-order valence-corrected chi connectivity index (χ1v) is 7.32. The molecule has 0 unspecified atom stereocenters. The fourth-order valence-electron chi connectivity index (χ4n) is 2.33. The molecule has 1 aromatic rings. The van der Waals surface area contributed by atoms with Gasteiger partial charge in [-0.25, -0.2) is 0 Å². The average Bonchev–Trinajstić information content (AvgIpc) is 2.47. The van der Waals surface area contributed by atoms with E-state index in [1.807, 2.05) is 19.9 Å². The molecule has 1 saturated heterocycles. The van der Waals surface area contributed by atoms with Crippen LogP contribution in [0, 0.1) is 5.92 Å². The molecule has 0 bridgehead atoms. The molecule has 1 aliphatic heterocycles. The van der Waals surface area contributed by atoms with E-state index in [0.29, 0.717) is 24.4 Å². The molecular weight excluding hydrogens is 268 g/mol. The summed E-state index contributed by atoms with van der Waals surface area (Å²) in [5.74, 6) is 0.614. The second-order valence-electron chi connectivity index (χ2n) is 5.53. The number of carbonyl (C=O) groups is 2. The first-order chi connectivity index (χ1) is 10.0. The molecule has 1 heterocycles. The Morgan fingerprint density at radius 1 is 1.33 bits per heavy atom. The average molecular weight is 290 g/mol. The van der Waals surface area contributed by atoms with Crippen molar-refractivity contribution >= 4 is 23.2 Å². The zero-order chi connectivity index (χ0) is 15.4. The Labute approximate surface area is 125 Å². The van der Waals surface area contributed by atoms with Crippen LogP contribution < -0.4 is 15.0 Å². The lowest BCUT2D eigenvalue weighted by Gasteiger charge is -2.28. The van der Waals surface area contributed by atoms with Crippen LogP contribution in [0.1, 0.15) is 33.1 Å². The van der Waals surface area contributed by atoms with Crippen LogP contribution in [0.25, 0.3) is 0 Å². The fourth-order valence-corrected chi connectivity index (χ4v) is 2.33. The van der Waals surface area contributed by atoms with Gasteiger partial charge in [-0.05, 0) is 31.0 Å². The minimum Gasteiger partial charge on any atom is -0.495 e. The van der Waals surface area contributed by atoms with Gasteiger partial charge in [-0.15, -0.1) is 0 Å². The van der Waals surface area contributed by atoms with Gasteiger partial charge < -0.3 is 15.0 Å². The monoisotopic (exact) mass is 290 g/mol. The maximum absolute atomic E-state index is 12.1. The van der Waals surface area contributed by atoms with Gasteiger partial charge in [0.2, 0.25) is 11.8 Å². The van der Waals surface area contributed by atoms with Crippen molar-refractivity contribution in [1.82, 2.24) is 0 Å². The van der Waals surface area contributed by atoms with Crippen LogP contribution in [0.3, 0.4) is 0 Å². The van der Waals surface area contributed by atoms with Gasteiger partial charge in [0.1, 0.15) is 5.75 Å². The number of benzene rings is 1. The molecule has 0 aliphatic carbocycles. The fraction of sp³-hybridized carbons (Fsp3) is 0.500. The maximum atomic E-state index is 12.1. The Balaban J connectivity index is 2.29. The Morgan fingerprint density at radius 3 is 2.71 bits per heavy atom. The number of carbonyl (C=O) groups excluding carboxylic acids is 2. The first kappa shape index (κ1) is 15.4. The van der Waals surface area contributed by atoms with Gasteiger partial charge >= 0.3 is 0 Å². The number of rotatable bonds is 4. The van der Waals surface area contributed by atoms with Crippen LogP contribution >= 0.6 is 0 Å². The van der Waals surface area contributed by atoms with Gasteiger partial charge in [0.25, 0.3) is 0 Å². The lowest BCUT2D eigenvalue weighted by atomic mass is 10.1. The molecule has 1 N–H and O–H groups in total. The number of methoxy groups -OCH3 is 1. The van der Waals surface area contributed by atoms with E-state index in [1.165, 1.54) is 0 Å². The predicted octanol–water partition coefficient (Wildman–Crippen LogP) is 2.81. The summed E-state index contributed by atoms with van der Waals surface area (Å²) in [6.07, 6.45) is 2.48. The van der Waals surface area contributed by atoms with Gasteiger partial charge in [0.05, 0.1) is 12.8 Å². The van der Waals surface area contributed by atoms with Crippen LogP contribution in [-0.2, 0) is 9.59 Å². The molecule has 21 heavy (non-hydrogen) atoms. The molecule has 0 atom stereocenters. The van der Waals surface area contributed by atoms with E-state index in [1.54, 1.807) is 24.1 Å². The van der Waals surface area contributed by atoms with E-state index in [0.717, 1.165) is 18.5 Å². The van der Waals surface area contributed by atoms with Gasteiger partial charge in [-0.1, -0.05) is 13.8 Å². The number of piperidine rings is 1. The zero-order valence-electron chi connectivity index (χ0n) is 12.8. The van der Waals surface area contributed by atoms with Gasteiger partial charge in [0, 0.05) is 24.6 Å². The van der Waals surface area contributed by atoms with Gasteiger partial charge in [-0.3, -0.25) is 9.59 Å². The lowest BCUT2D eigenvalue weighted by Crippen LogP contribution is -2.35. The third kappa shape index (κ3) is 3.54. The van der Waals surface area contributed by atoms with Crippen LogP contribution in [0.4, 0.5) is 11.4 Å². The zero-order valence-corrected chi connectivity index (χ0v) is 12.8. The highest BCUT2D eigenvalue weighted by Crippen LogP contribution is 2.33. The van der Waals surface area contributed by atoms with Crippen molar-refractivity contribution in [2.24, 2.45) is 5.92 Å². The van der Waals surface area contributed by atoms with Crippen molar-refractivity contribution in [2.75, 3.05) is 23.9 Å². The second kappa shape index (κ2) is 6.61. The Morgan fingerprint density at radius 2 is 2.10 bits per heavy atom. The van der Waals surface area contributed by atoms with Gasteiger partial charge in [-0.2, -0.15) is 0 Å². The molecule has 1 aromatic carbocycles. The first-order valence-electron chi connectivity index (χ1n) is 7.32. The Bertz CT molecular complexity index is 540. The highest BCUT2D eigenvalue weighted by molar-refractivity contribution is 5.97. The molecule has 5 heteroatoms. The largest absolute Gasteiger partial charge is 0.495 e. The smallest absolute Gasteiger partial charge is 0.227 e. The summed E-state index contributed by atoms with van der Waals surface area (Å²) < 4.78 is 5.35. The third-order valence-corrected chi connectivity index (χ3v) is 3.58. The number of nitrogens with zero attached hydrogens (tertiary/aromatic N) is 1. The van der Waals surface area contributed by atoms with E-state index < -0.39 is 0 Å². The van der Waals surface area contributed by atoms with E-state index in [9.17, 15) is 9.59 Å². The molecule has 0 saturated carbocycles. The number of anilines is 2. The number of amides is 2. The summed E-state index contributed by atoms with van der Waals surface area (Å²) in [7, 11) is 1.58. The van der Waals surface area contributed by atoms with E-state index in [2.05, 4.69) is 5.32 Å². The van der Waals surface area contributed by atoms with Crippen LogP contribution in [-0.4, -0.2) is 25.5 Å². The molecule has 5 nitrogen and oxygen atoms in total. The maximum Gasteiger partial charge on any atom is 0.227 e. The number of hydrogen-bond donors (Lipinski definition) is 1. The quantitative estimate of drug-likeness (QED) is 0.927. The lowest BCUT2D eigenvalue weighted by molar-refractivity contribution is -0.120. The number of hydrogen-bond acceptors (Lipinski definition) is 3. The summed E-state index contributed by atoms with van der Waals surface area (Å²) in [4.78, 5) is 25.6. The van der Waals surface area contributed by atoms with Crippen molar-refractivity contribution in [1.29, 1.82) is 0 Å². The van der Waals surface area contributed by atoms with Crippen molar-refractivity contribution in [2.45, 2.75) is 33.1 Å². The number of ether oxygens (including phenoxy) is 1. The molecular formula is C16H22N2O3. The SMILES string of the molecule is COc1ccc(NC(=O)C(C)C)cc1N1CCCCC1=O. The molecule has 2 amide bonds. The summed E-state index contributed by atoms with van der Waals surface area (Å²) in [6, 6.07) is 5.38. The third-order valence-electron chi connectivity index (χ3n) is 3.58. The Hall–Kier alpha value is -2.04. The molecule has 114 valence electrons. The van der Waals surface area contributed by atoms with E-state index in [4.69, 9.17) is 4.74 Å². The van der Waals surface area contributed by atoms with Crippen molar-refractivity contribution in [3.8, 4) is 5.75 Å². The van der Waals surface area contributed by atoms with E-state index in [-0.39, 0.29) is 17.7 Å². The molecule has 1 aliphatic rings. The summed E-state index contributed by atoms with van der Waals surface area (Å²) in [5, 5.41) is 2.85. The molecule has 1 fully saturated rings. The minimum atomic E-state index is -0.0906. The second-order valence-corrected chi connectivity index (χ2v) is 5.53. The van der Waals surface area contributed by atoms with Crippen molar-refractivity contribution < 1.29 is 14.3 Å². The molecule has 2 rings (SSSR count). The minimum absolute atomic E-state index is 0.0453. The van der Waals surface area contributed by atoms with Crippen LogP contribution in [0.15, 0.2) is 18.2 Å². The summed E-state index contributed by atoms with van der Waals surface area (Å²) in [5.41, 5.74) is 1.41. The molecule has 0 spiro atoms. The van der Waals surface area contributed by atoms with Crippen LogP contribution in [0.2, 0.25) is 0 Å². The topological polar surface area (TPSA) is 58.6 Å². The highest BCUT2D eigenvalue weighted by Gasteiger charge is 2.23. The standard InChI is InChI=1S/C16H22N2O3/c1-11(2)16(20)17-12-7-8-14(21-3)13(10-12)18-9-5-4-6-15(18)19/h7-8,10-11H,4-6,9H2,1-3H3,(H,17,20). The summed E-state index contributed by atoms with van der Waals surface area (Å²) >= 11 is 0.